The van der Waals surface area contributed by atoms with Gasteiger partial charge in [0.05, 0.1) is 17.3 Å². The molecule has 1 N–H and O–H groups in total. The summed E-state index contributed by atoms with van der Waals surface area (Å²) < 4.78 is 5.20. The molecule has 1 saturated heterocycles. The highest BCUT2D eigenvalue weighted by molar-refractivity contribution is 6.07. The Labute approximate surface area is 151 Å². The summed E-state index contributed by atoms with van der Waals surface area (Å²) in [6, 6.07) is 9.76. The molecule has 0 unspecified atom stereocenters. The van der Waals surface area contributed by atoms with Crippen molar-refractivity contribution in [3.05, 3.63) is 41.6 Å². The number of benzene rings is 1. The fourth-order valence-corrected chi connectivity index (χ4v) is 2.87. The van der Waals surface area contributed by atoms with Crippen molar-refractivity contribution < 1.29 is 14.1 Å². The molecule has 1 atom stereocenters. The van der Waals surface area contributed by atoms with Crippen LogP contribution in [-0.4, -0.2) is 23.0 Å². The van der Waals surface area contributed by atoms with Crippen LogP contribution in [0.1, 0.15) is 44.9 Å². The van der Waals surface area contributed by atoms with Gasteiger partial charge in [-0.1, -0.05) is 32.0 Å². The Balaban J connectivity index is 1.80. The minimum atomic E-state index is -0.653. The monoisotopic (exact) mass is 352 g/mol. The van der Waals surface area contributed by atoms with Crippen LogP contribution in [0.3, 0.4) is 0 Å². The normalized spacial score (nSPS) is 17.2. The van der Waals surface area contributed by atoms with Crippen LogP contribution in [0.4, 0.5) is 11.6 Å². The van der Waals surface area contributed by atoms with Crippen LogP contribution in [0.2, 0.25) is 0 Å². The van der Waals surface area contributed by atoms with Gasteiger partial charge in [0.15, 0.2) is 0 Å². The first-order chi connectivity index (χ1) is 12.3. The van der Waals surface area contributed by atoms with E-state index < -0.39 is 6.04 Å². The Kier molecular flexibility index (Phi) is 4.51. The van der Waals surface area contributed by atoms with E-state index in [1.807, 2.05) is 26.8 Å². The highest BCUT2D eigenvalue weighted by Crippen LogP contribution is 2.29. The van der Waals surface area contributed by atoms with Crippen LogP contribution in [0.25, 0.3) is 0 Å². The molecule has 0 bridgehead atoms. The van der Waals surface area contributed by atoms with E-state index in [1.165, 1.54) is 4.90 Å². The van der Waals surface area contributed by atoms with E-state index in [0.717, 1.165) is 5.69 Å². The maximum Gasteiger partial charge on any atom is 0.249 e. The standard InChI is InChI=1S/C19H20N4O3/c1-19(2,3)15-10-16(26-22-15)21-18(25)14-7-8-17(24)23(14)13-6-4-5-12(9-13)11-20/h4-6,9-10,14H,7-8H2,1-3H3,(H,21,25)/t14-/m0/s1. The summed E-state index contributed by atoms with van der Waals surface area (Å²) in [6.45, 7) is 5.99. The number of anilines is 2. The molecular weight excluding hydrogens is 332 g/mol. The molecule has 2 aromatic rings. The van der Waals surface area contributed by atoms with Gasteiger partial charge in [0, 0.05) is 23.6 Å². The summed E-state index contributed by atoms with van der Waals surface area (Å²) in [4.78, 5) is 26.4. The number of amides is 2. The number of nitriles is 1. The molecule has 26 heavy (non-hydrogen) atoms. The quantitative estimate of drug-likeness (QED) is 0.915. The van der Waals surface area contributed by atoms with Crippen molar-refractivity contribution in [2.24, 2.45) is 0 Å². The number of hydrogen-bond acceptors (Lipinski definition) is 5. The molecule has 134 valence electrons. The fraction of sp³-hybridized carbons (Fsp3) is 0.368. The van der Waals surface area contributed by atoms with Gasteiger partial charge in [-0.05, 0) is 24.6 Å². The Morgan fingerprint density at radius 2 is 2.15 bits per heavy atom. The van der Waals surface area contributed by atoms with E-state index in [2.05, 4.69) is 10.5 Å². The number of hydrogen-bond donors (Lipinski definition) is 1. The van der Waals surface area contributed by atoms with Gasteiger partial charge in [0.2, 0.25) is 17.7 Å². The van der Waals surface area contributed by atoms with Crippen LogP contribution >= 0.6 is 0 Å². The molecule has 1 aromatic carbocycles. The predicted octanol–water partition coefficient (Wildman–Crippen LogP) is 2.98. The average molecular weight is 352 g/mol. The second kappa shape index (κ2) is 6.64. The zero-order valence-corrected chi connectivity index (χ0v) is 14.9. The minimum absolute atomic E-state index is 0.145. The molecule has 1 fully saturated rings. The maximum absolute atomic E-state index is 12.7. The van der Waals surface area contributed by atoms with Crippen molar-refractivity contribution >= 4 is 23.4 Å². The second-order valence-corrected chi connectivity index (χ2v) is 7.30. The molecule has 1 aliphatic heterocycles. The van der Waals surface area contributed by atoms with Gasteiger partial charge in [0.1, 0.15) is 6.04 Å². The number of carbonyl (C=O) groups is 2. The molecule has 1 aliphatic rings. The lowest BCUT2D eigenvalue weighted by Crippen LogP contribution is -2.41. The summed E-state index contributed by atoms with van der Waals surface area (Å²) in [6.07, 6.45) is 0.681. The number of nitrogens with zero attached hydrogens (tertiary/aromatic N) is 3. The molecule has 0 radical (unpaired) electrons. The van der Waals surface area contributed by atoms with Gasteiger partial charge < -0.3 is 4.52 Å². The van der Waals surface area contributed by atoms with Crippen LogP contribution < -0.4 is 10.2 Å². The third-order valence-corrected chi connectivity index (χ3v) is 4.29. The van der Waals surface area contributed by atoms with Crippen molar-refractivity contribution in [3.63, 3.8) is 0 Å². The summed E-state index contributed by atoms with van der Waals surface area (Å²) in [5.74, 6) is -0.229. The molecule has 0 aliphatic carbocycles. The number of rotatable bonds is 3. The van der Waals surface area contributed by atoms with Crippen LogP contribution in [0.15, 0.2) is 34.9 Å². The Bertz CT molecular complexity index is 889. The van der Waals surface area contributed by atoms with Gasteiger partial charge in [-0.15, -0.1) is 0 Å². The first-order valence-electron chi connectivity index (χ1n) is 8.40. The van der Waals surface area contributed by atoms with E-state index in [0.29, 0.717) is 17.7 Å². The van der Waals surface area contributed by atoms with Crippen molar-refractivity contribution in [1.82, 2.24) is 5.16 Å². The van der Waals surface area contributed by atoms with Crippen molar-refractivity contribution in [1.29, 1.82) is 5.26 Å². The zero-order chi connectivity index (χ0) is 18.9. The molecule has 3 rings (SSSR count). The lowest BCUT2D eigenvalue weighted by Gasteiger charge is -2.23. The largest absolute Gasteiger partial charge is 0.338 e. The summed E-state index contributed by atoms with van der Waals surface area (Å²) in [7, 11) is 0. The third kappa shape index (κ3) is 3.45. The Morgan fingerprint density at radius 3 is 2.81 bits per heavy atom. The highest BCUT2D eigenvalue weighted by Gasteiger charge is 2.37. The Morgan fingerprint density at radius 1 is 1.38 bits per heavy atom. The van der Waals surface area contributed by atoms with Crippen LogP contribution in [0, 0.1) is 11.3 Å². The summed E-state index contributed by atoms with van der Waals surface area (Å²) >= 11 is 0. The number of nitrogens with one attached hydrogen (secondary N) is 1. The topological polar surface area (TPSA) is 99.2 Å². The van der Waals surface area contributed by atoms with Gasteiger partial charge >= 0.3 is 0 Å². The molecule has 7 heteroatoms. The minimum Gasteiger partial charge on any atom is -0.338 e. The highest BCUT2D eigenvalue weighted by atomic mass is 16.5. The summed E-state index contributed by atoms with van der Waals surface area (Å²) in [5.41, 5.74) is 1.51. The van der Waals surface area contributed by atoms with Crippen molar-refractivity contribution in [2.75, 3.05) is 10.2 Å². The molecule has 2 amide bonds. The fourth-order valence-electron chi connectivity index (χ4n) is 2.87. The van der Waals surface area contributed by atoms with E-state index in [1.54, 1.807) is 30.3 Å². The van der Waals surface area contributed by atoms with Gasteiger partial charge in [0.25, 0.3) is 0 Å². The predicted molar refractivity (Wildman–Crippen MR) is 95.5 cm³/mol. The van der Waals surface area contributed by atoms with Gasteiger partial charge in [-0.25, -0.2) is 0 Å². The molecule has 1 aromatic heterocycles. The number of carbonyl (C=O) groups excluding carboxylic acids is 2. The van der Waals surface area contributed by atoms with Crippen LogP contribution in [0.5, 0.6) is 0 Å². The van der Waals surface area contributed by atoms with E-state index in [9.17, 15) is 9.59 Å². The Hall–Kier alpha value is -3.14. The molecule has 0 saturated carbocycles. The second-order valence-electron chi connectivity index (χ2n) is 7.30. The smallest absolute Gasteiger partial charge is 0.249 e. The summed E-state index contributed by atoms with van der Waals surface area (Å²) in [5, 5.41) is 15.7. The SMILES string of the molecule is CC(C)(C)c1cc(NC(=O)[C@@H]2CCC(=O)N2c2cccc(C#N)c2)on1. The van der Waals surface area contributed by atoms with E-state index in [4.69, 9.17) is 9.78 Å². The van der Waals surface area contributed by atoms with Crippen LogP contribution in [-0.2, 0) is 15.0 Å². The van der Waals surface area contributed by atoms with Gasteiger partial charge in [-0.2, -0.15) is 5.26 Å². The third-order valence-electron chi connectivity index (χ3n) is 4.29. The molecule has 7 nitrogen and oxygen atoms in total. The molecule has 2 heterocycles. The number of aromatic nitrogens is 1. The first-order valence-corrected chi connectivity index (χ1v) is 8.40. The van der Waals surface area contributed by atoms with E-state index >= 15 is 0 Å². The van der Waals surface area contributed by atoms with Crippen molar-refractivity contribution in [3.8, 4) is 6.07 Å². The van der Waals surface area contributed by atoms with Crippen molar-refractivity contribution in [2.45, 2.75) is 45.1 Å². The first kappa shape index (κ1) is 17.7. The maximum atomic E-state index is 12.7. The lowest BCUT2D eigenvalue weighted by molar-refractivity contribution is -0.120. The average Bonchev–Trinajstić information content (AvgIpc) is 3.21. The zero-order valence-electron chi connectivity index (χ0n) is 14.9. The van der Waals surface area contributed by atoms with E-state index in [-0.39, 0.29) is 29.5 Å². The molecule has 0 spiro atoms. The molecular formula is C19H20N4O3. The van der Waals surface area contributed by atoms with Gasteiger partial charge in [-0.3, -0.25) is 19.8 Å². The lowest BCUT2D eigenvalue weighted by atomic mass is 9.92.